The summed E-state index contributed by atoms with van der Waals surface area (Å²) in [6.07, 6.45) is -3.25. The van der Waals surface area contributed by atoms with E-state index in [0.29, 0.717) is 11.2 Å². The maximum absolute atomic E-state index is 15.0. The van der Waals surface area contributed by atoms with Crippen LogP contribution in [0.4, 0.5) is 39.1 Å². The number of benzene rings is 2. The number of nitrogens with one attached hydrogen (secondary N) is 2. The number of rotatable bonds is 8. The zero-order valence-electron chi connectivity index (χ0n) is 18.2. The van der Waals surface area contributed by atoms with Gasteiger partial charge in [-0.05, 0) is 24.6 Å². The van der Waals surface area contributed by atoms with E-state index < -0.39 is 43.3 Å². The van der Waals surface area contributed by atoms with Gasteiger partial charge in [-0.1, -0.05) is 10.7 Å². The molecule has 3 aromatic rings. The van der Waals surface area contributed by atoms with Crippen LogP contribution in [0.1, 0.15) is 12.8 Å². The van der Waals surface area contributed by atoms with E-state index >= 15 is 4.39 Å². The second kappa shape index (κ2) is 10.5. The molecule has 1 aliphatic rings. The third-order valence-corrected chi connectivity index (χ3v) is 6.94. The number of aromatic nitrogens is 2. The number of anilines is 2. The Morgan fingerprint density at radius 2 is 1.94 bits per heavy atom. The molecule has 35 heavy (non-hydrogen) atoms. The Kier molecular flexibility index (Phi) is 7.43. The number of carbonyl (C=O) groups excluding carboxylic acids is 1. The number of ether oxygens (including phenoxy) is 1. The predicted molar refractivity (Wildman–Crippen MR) is 122 cm³/mol. The standard InChI is InChI=1S/C22H20F5N5O2S/c23-13-2-3-16(18(8-13)34-11-19(33)28-5-4-22(25,26)27)31-21-20-15(24)9-14(32-35-6-1-7-35)10-17(20)29-12-30-21/h2-3,8-10,12H,1,4-7,11H2,(H,28,33)(H,29,30,31). The van der Waals surface area contributed by atoms with Gasteiger partial charge in [0.05, 0.1) is 28.7 Å². The first kappa shape index (κ1) is 24.8. The number of hydrogen-bond donors (Lipinski definition) is 2. The highest BCUT2D eigenvalue weighted by Gasteiger charge is 2.26. The Hall–Kier alpha value is -3.35. The monoisotopic (exact) mass is 513 g/mol. The minimum absolute atomic E-state index is 0.0798. The third-order valence-electron chi connectivity index (χ3n) is 4.96. The minimum Gasteiger partial charge on any atom is -0.481 e. The van der Waals surface area contributed by atoms with Gasteiger partial charge in [0, 0.05) is 30.2 Å². The van der Waals surface area contributed by atoms with E-state index in [9.17, 15) is 22.4 Å². The van der Waals surface area contributed by atoms with Gasteiger partial charge in [-0.2, -0.15) is 13.2 Å². The van der Waals surface area contributed by atoms with Crippen molar-refractivity contribution in [1.82, 2.24) is 15.3 Å². The molecule has 13 heteroatoms. The van der Waals surface area contributed by atoms with Crippen molar-refractivity contribution in [2.45, 2.75) is 19.0 Å². The van der Waals surface area contributed by atoms with Crippen molar-refractivity contribution in [3.05, 3.63) is 48.3 Å². The first-order chi connectivity index (χ1) is 16.7. The molecule has 0 aliphatic carbocycles. The summed E-state index contributed by atoms with van der Waals surface area (Å²) >= 11 is 0. The number of amides is 1. The summed E-state index contributed by atoms with van der Waals surface area (Å²) in [7, 11) is -0.0951. The van der Waals surface area contributed by atoms with Gasteiger partial charge in [-0.15, -0.1) is 0 Å². The molecular formula is C22H20F5N5O2S. The van der Waals surface area contributed by atoms with Crippen molar-refractivity contribution in [2.75, 3.05) is 30.0 Å². The molecule has 186 valence electrons. The summed E-state index contributed by atoms with van der Waals surface area (Å²) < 4.78 is 75.3. The number of alkyl halides is 3. The fraction of sp³-hybridized carbons (Fsp3) is 0.318. The molecule has 1 aliphatic heterocycles. The maximum atomic E-state index is 15.0. The summed E-state index contributed by atoms with van der Waals surface area (Å²) in [6.45, 7) is -1.26. The zero-order chi connectivity index (χ0) is 25.0. The molecule has 0 unspecified atom stereocenters. The van der Waals surface area contributed by atoms with Crippen LogP contribution in [-0.4, -0.2) is 46.7 Å². The van der Waals surface area contributed by atoms with Crippen LogP contribution in [0.5, 0.6) is 5.75 Å². The Morgan fingerprint density at radius 1 is 1.14 bits per heavy atom. The second-order valence-electron chi connectivity index (χ2n) is 7.63. The molecule has 0 radical (unpaired) electrons. The van der Waals surface area contributed by atoms with Crippen molar-refractivity contribution in [3.63, 3.8) is 0 Å². The first-order valence-corrected chi connectivity index (χ1v) is 12.1. The van der Waals surface area contributed by atoms with E-state index in [4.69, 9.17) is 4.74 Å². The second-order valence-corrected chi connectivity index (χ2v) is 9.55. The van der Waals surface area contributed by atoms with Crippen molar-refractivity contribution in [1.29, 1.82) is 0 Å². The van der Waals surface area contributed by atoms with Crippen LogP contribution in [0.15, 0.2) is 41.0 Å². The average molecular weight is 513 g/mol. The molecule has 0 atom stereocenters. The Morgan fingerprint density at radius 3 is 2.66 bits per heavy atom. The van der Waals surface area contributed by atoms with Crippen LogP contribution < -0.4 is 15.4 Å². The fourth-order valence-corrected chi connectivity index (χ4v) is 4.31. The summed E-state index contributed by atoms with van der Waals surface area (Å²) in [4.78, 5) is 20.0. The van der Waals surface area contributed by atoms with Gasteiger partial charge in [0.1, 0.15) is 29.5 Å². The van der Waals surface area contributed by atoms with Crippen molar-refractivity contribution in [2.24, 2.45) is 4.36 Å². The molecule has 2 heterocycles. The topological polar surface area (TPSA) is 88.5 Å². The summed E-state index contributed by atoms with van der Waals surface area (Å²) in [6, 6.07) is 6.37. The number of nitrogens with zero attached hydrogens (tertiary/aromatic N) is 3. The van der Waals surface area contributed by atoms with Crippen LogP contribution in [-0.2, 0) is 15.5 Å². The number of fused-ring (bicyclic) bond motifs is 1. The molecule has 2 N–H and O–H groups in total. The largest absolute Gasteiger partial charge is 0.481 e. The lowest BCUT2D eigenvalue weighted by molar-refractivity contribution is -0.136. The molecule has 0 saturated carbocycles. The highest BCUT2D eigenvalue weighted by Crippen LogP contribution is 2.33. The van der Waals surface area contributed by atoms with Crippen LogP contribution in [0, 0.1) is 11.6 Å². The van der Waals surface area contributed by atoms with Crippen LogP contribution in [0.2, 0.25) is 0 Å². The Bertz CT molecular complexity index is 1280. The number of hydrogen-bond acceptors (Lipinski definition) is 6. The van der Waals surface area contributed by atoms with Crippen molar-refractivity contribution >= 4 is 44.7 Å². The van der Waals surface area contributed by atoms with E-state index in [2.05, 4.69) is 25.0 Å². The van der Waals surface area contributed by atoms with E-state index in [1.165, 1.54) is 18.5 Å². The van der Waals surface area contributed by atoms with Crippen LogP contribution >= 0.6 is 0 Å². The van der Waals surface area contributed by atoms with Crippen LogP contribution in [0.25, 0.3) is 10.9 Å². The Labute approximate surface area is 199 Å². The lowest BCUT2D eigenvalue weighted by Gasteiger charge is -2.16. The smallest absolute Gasteiger partial charge is 0.390 e. The minimum atomic E-state index is -4.41. The molecule has 1 amide bonds. The van der Waals surface area contributed by atoms with Crippen LogP contribution in [0.3, 0.4) is 0 Å². The molecule has 0 bridgehead atoms. The van der Waals surface area contributed by atoms with Gasteiger partial charge in [-0.3, -0.25) is 4.79 Å². The van der Waals surface area contributed by atoms with Gasteiger partial charge in [0.15, 0.2) is 6.61 Å². The third kappa shape index (κ3) is 6.62. The fourth-order valence-electron chi connectivity index (χ4n) is 3.17. The molecule has 4 rings (SSSR count). The van der Waals surface area contributed by atoms with Gasteiger partial charge < -0.3 is 15.4 Å². The predicted octanol–water partition coefficient (Wildman–Crippen LogP) is 4.94. The summed E-state index contributed by atoms with van der Waals surface area (Å²) in [5, 5.41) is 5.02. The van der Waals surface area contributed by atoms with E-state index in [1.807, 2.05) is 0 Å². The molecule has 0 spiro atoms. The highest BCUT2D eigenvalue weighted by molar-refractivity contribution is 7.88. The van der Waals surface area contributed by atoms with Gasteiger partial charge >= 0.3 is 6.18 Å². The molecular weight excluding hydrogens is 493 g/mol. The zero-order valence-corrected chi connectivity index (χ0v) is 19.0. The van der Waals surface area contributed by atoms with Crippen molar-refractivity contribution in [3.8, 4) is 5.75 Å². The highest BCUT2D eigenvalue weighted by atomic mass is 32.2. The van der Waals surface area contributed by atoms with Crippen molar-refractivity contribution < 1.29 is 31.5 Å². The van der Waals surface area contributed by atoms with Gasteiger partial charge in [0.25, 0.3) is 5.91 Å². The van der Waals surface area contributed by atoms with E-state index in [0.717, 1.165) is 30.1 Å². The van der Waals surface area contributed by atoms with E-state index in [1.54, 1.807) is 6.07 Å². The summed E-state index contributed by atoms with van der Waals surface area (Å²) in [5.41, 5.74) is 0.975. The Balaban J connectivity index is 1.52. The lowest BCUT2D eigenvalue weighted by Crippen LogP contribution is -2.32. The molecule has 1 fully saturated rings. The number of halogens is 5. The maximum Gasteiger partial charge on any atom is 0.390 e. The SMILES string of the molecule is O=C(COc1cc(F)ccc1Nc1ncnc2cc(N=S3CCC3)cc(F)c12)NCCC(F)(F)F. The normalized spacial score (nSPS) is 13.9. The molecule has 2 aromatic carbocycles. The lowest BCUT2D eigenvalue weighted by atomic mass is 10.2. The summed E-state index contributed by atoms with van der Waals surface area (Å²) in [5.74, 6) is -0.135. The van der Waals surface area contributed by atoms with Gasteiger partial charge in [0.2, 0.25) is 0 Å². The number of carbonyl (C=O) groups is 1. The average Bonchev–Trinajstić information content (AvgIpc) is 2.75. The van der Waals surface area contributed by atoms with E-state index in [-0.39, 0.29) is 33.3 Å². The quantitative estimate of drug-likeness (QED) is 0.417. The molecule has 7 nitrogen and oxygen atoms in total. The first-order valence-electron chi connectivity index (χ1n) is 10.5. The molecule has 1 saturated heterocycles. The van der Waals surface area contributed by atoms with Gasteiger partial charge in [-0.25, -0.2) is 23.1 Å². The molecule has 1 aromatic heterocycles.